The fraction of sp³-hybridized carbons (Fsp3) is 0.667. The van der Waals surface area contributed by atoms with E-state index in [2.05, 4.69) is 9.88 Å². The average molecular weight is 237 g/mol. The van der Waals surface area contributed by atoms with Crippen molar-refractivity contribution in [3.8, 4) is 0 Å². The normalized spacial score (nSPS) is 25.3. The molecule has 0 aliphatic carbocycles. The molecule has 5 heteroatoms. The Balaban J connectivity index is 2.03. The van der Waals surface area contributed by atoms with E-state index in [1.165, 1.54) is 0 Å². The number of nitrogens with zero attached hydrogens (tertiary/aromatic N) is 3. The van der Waals surface area contributed by atoms with Gasteiger partial charge >= 0.3 is 5.97 Å². The molecule has 5 nitrogen and oxygen atoms in total. The number of imidazole rings is 1. The van der Waals surface area contributed by atoms with Crippen LogP contribution in [0, 0.1) is 5.41 Å². The summed E-state index contributed by atoms with van der Waals surface area (Å²) in [6, 6.07) is 0. The van der Waals surface area contributed by atoms with E-state index in [9.17, 15) is 9.90 Å². The van der Waals surface area contributed by atoms with Gasteiger partial charge in [-0.15, -0.1) is 0 Å². The van der Waals surface area contributed by atoms with E-state index in [0.717, 1.165) is 25.3 Å². The van der Waals surface area contributed by atoms with E-state index < -0.39 is 11.4 Å². The summed E-state index contributed by atoms with van der Waals surface area (Å²) in [5, 5.41) is 9.31. The Labute approximate surface area is 101 Å². The Morgan fingerprint density at radius 3 is 2.88 bits per heavy atom. The summed E-state index contributed by atoms with van der Waals surface area (Å²) in [5.41, 5.74) is -0.550. The van der Waals surface area contributed by atoms with Gasteiger partial charge in [0.05, 0.1) is 12.0 Å². The fourth-order valence-corrected chi connectivity index (χ4v) is 2.46. The van der Waals surface area contributed by atoms with E-state index in [-0.39, 0.29) is 0 Å². The van der Waals surface area contributed by atoms with E-state index in [0.29, 0.717) is 13.0 Å². The number of hydrogen-bond acceptors (Lipinski definition) is 3. The fourth-order valence-electron chi connectivity index (χ4n) is 2.46. The maximum atomic E-state index is 11.3. The van der Waals surface area contributed by atoms with Crippen molar-refractivity contribution in [2.45, 2.75) is 26.3 Å². The second-order valence-electron chi connectivity index (χ2n) is 4.85. The van der Waals surface area contributed by atoms with Gasteiger partial charge in [-0.2, -0.15) is 0 Å². The summed E-state index contributed by atoms with van der Waals surface area (Å²) >= 11 is 0. The number of carboxylic acid groups (broad SMARTS) is 1. The SMILES string of the molecule is CCC1(C(=O)O)CCN(Cc2nccn2C)C1. The molecule has 1 unspecified atom stereocenters. The van der Waals surface area contributed by atoms with E-state index in [1.807, 2.05) is 24.7 Å². The molecule has 1 atom stereocenters. The van der Waals surface area contributed by atoms with Gasteiger partial charge in [0.2, 0.25) is 0 Å². The molecule has 0 radical (unpaired) electrons. The van der Waals surface area contributed by atoms with Crippen LogP contribution in [0.15, 0.2) is 12.4 Å². The molecular weight excluding hydrogens is 218 g/mol. The molecule has 94 valence electrons. The van der Waals surface area contributed by atoms with Gasteiger partial charge in [0.15, 0.2) is 0 Å². The largest absolute Gasteiger partial charge is 0.481 e. The van der Waals surface area contributed by atoms with Crippen molar-refractivity contribution in [1.82, 2.24) is 14.5 Å². The molecule has 1 aliphatic rings. The van der Waals surface area contributed by atoms with Gasteiger partial charge in [0.25, 0.3) is 0 Å². The number of aromatic nitrogens is 2. The Hall–Kier alpha value is -1.36. The van der Waals surface area contributed by atoms with E-state index in [1.54, 1.807) is 6.20 Å². The molecule has 2 rings (SSSR count). The number of likely N-dealkylation sites (tertiary alicyclic amines) is 1. The van der Waals surface area contributed by atoms with Gasteiger partial charge in [-0.05, 0) is 19.4 Å². The third-order valence-corrected chi connectivity index (χ3v) is 3.85. The van der Waals surface area contributed by atoms with Crippen molar-refractivity contribution >= 4 is 5.97 Å². The lowest BCUT2D eigenvalue weighted by Gasteiger charge is -2.22. The van der Waals surface area contributed by atoms with Crippen LogP contribution in [0.2, 0.25) is 0 Å². The van der Waals surface area contributed by atoms with Crippen molar-refractivity contribution in [2.75, 3.05) is 13.1 Å². The van der Waals surface area contributed by atoms with Crippen LogP contribution in [0.3, 0.4) is 0 Å². The molecule has 1 aromatic heterocycles. The van der Waals surface area contributed by atoms with E-state index >= 15 is 0 Å². The molecular formula is C12H19N3O2. The number of rotatable bonds is 4. The molecule has 1 aromatic rings. The van der Waals surface area contributed by atoms with Gasteiger partial charge in [-0.25, -0.2) is 4.98 Å². The molecule has 2 heterocycles. The summed E-state index contributed by atoms with van der Waals surface area (Å²) in [6.45, 7) is 4.16. The first-order valence-electron chi connectivity index (χ1n) is 5.99. The van der Waals surface area contributed by atoms with E-state index in [4.69, 9.17) is 0 Å². The number of aryl methyl sites for hydroxylation is 1. The minimum atomic E-state index is -0.664. The van der Waals surface area contributed by atoms with Gasteiger partial charge in [-0.1, -0.05) is 6.92 Å². The van der Waals surface area contributed by atoms with Crippen molar-refractivity contribution in [3.05, 3.63) is 18.2 Å². The zero-order chi connectivity index (χ0) is 12.5. The van der Waals surface area contributed by atoms with Gasteiger partial charge in [0.1, 0.15) is 5.82 Å². The summed E-state index contributed by atoms with van der Waals surface area (Å²) in [7, 11) is 1.96. The first kappa shape index (κ1) is 12.1. The molecule has 0 saturated carbocycles. The van der Waals surface area contributed by atoms with Gasteiger partial charge in [-0.3, -0.25) is 9.69 Å². The van der Waals surface area contributed by atoms with Crippen LogP contribution in [-0.4, -0.2) is 38.6 Å². The highest BCUT2D eigenvalue weighted by Gasteiger charge is 2.43. The monoisotopic (exact) mass is 237 g/mol. The maximum Gasteiger partial charge on any atom is 0.310 e. The summed E-state index contributed by atoms with van der Waals surface area (Å²) in [4.78, 5) is 17.8. The Kier molecular flexibility index (Phi) is 3.19. The highest BCUT2D eigenvalue weighted by atomic mass is 16.4. The Morgan fingerprint density at radius 2 is 2.41 bits per heavy atom. The lowest BCUT2D eigenvalue weighted by Crippen LogP contribution is -2.34. The molecule has 1 fully saturated rings. The van der Waals surface area contributed by atoms with Crippen molar-refractivity contribution in [1.29, 1.82) is 0 Å². The molecule has 0 aromatic carbocycles. The number of hydrogen-bond donors (Lipinski definition) is 1. The van der Waals surface area contributed by atoms with Crippen molar-refractivity contribution in [2.24, 2.45) is 12.5 Å². The van der Waals surface area contributed by atoms with Crippen LogP contribution < -0.4 is 0 Å². The zero-order valence-corrected chi connectivity index (χ0v) is 10.4. The lowest BCUT2D eigenvalue weighted by molar-refractivity contribution is -0.148. The number of aliphatic carboxylic acids is 1. The number of carboxylic acids is 1. The summed E-state index contributed by atoms with van der Waals surface area (Å²) in [6.07, 6.45) is 5.12. The van der Waals surface area contributed by atoms with Crippen LogP contribution in [0.4, 0.5) is 0 Å². The van der Waals surface area contributed by atoms with Crippen molar-refractivity contribution in [3.63, 3.8) is 0 Å². The van der Waals surface area contributed by atoms with Crippen LogP contribution in [-0.2, 0) is 18.4 Å². The topological polar surface area (TPSA) is 58.4 Å². The van der Waals surface area contributed by atoms with Crippen molar-refractivity contribution < 1.29 is 9.90 Å². The standard InChI is InChI=1S/C12H19N3O2/c1-3-12(11(16)17)4-6-15(9-12)8-10-13-5-7-14(10)2/h5,7H,3-4,6,8-9H2,1-2H3,(H,16,17). The minimum Gasteiger partial charge on any atom is -0.481 e. The molecule has 0 amide bonds. The van der Waals surface area contributed by atoms with Crippen LogP contribution in [0.5, 0.6) is 0 Å². The predicted molar refractivity (Wildman–Crippen MR) is 63.5 cm³/mol. The van der Waals surface area contributed by atoms with Gasteiger partial charge < -0.3 is 9.67 Å². The second kappa shape index (κ2) is 4.49. The van der Waals surface area contributed by atoms with Gasteiger partial charge in [0, 0.05) is 26.0 Å². The predicted octanol–water partition coefficient (Wildman–Crippen LogP) is 1.11. The maximum absolute atomic E-state index is 11.3. The highest BCUT2D eigenvalue weighted by Crippen LogP contribution is 2.34. The number of carbonyl (C=O) groups is 1. The average Bonchev–Trinajstić information content (AvgIpc) is 2.88. The molecule has 1 aliphatic heterocycles. The molecule has 1 N–H and O–H groups in total. The Morgan fingerprint density at radius 1 is 1.65 bits per heavy atom. The summed E-state index contributed by atoms with van der Waals surface area (Å²) in [5.74, 6) is 0.324. The molecule has 17 heavy (non-hydrogen) atoms. The molecule has 1 saturated heterocycles. The smallest absolute Gasteiger partial charge is 0.310 e. The third-order valence-electron chi connectivity index (χ3n) is 3.85. The third kappa shape index (κ3) is 2.20. The zero-order valence-electron chi connectivity index (χ0n) is 10.4. The second-order valence-corrected chi connectivity index (χ2v) is 4.85. The first-order valence-corrected chi connectivity index (χ1v) is 5.99. The minimum absolute atomic E-state index is 0.550. The summed E-state index contributed by atoms with van der Waals surface area (Å²) < 4.78 is 1.98. The molecule has 0 spiro atoms. The highest BCUT2D eigenvalue weighted by molar-refractivity contribution is 5.75. The van der Waals surface area contributed by atoms with Crippen LogP contribution in [0.25, 0.3) is 0 Å². The first-order chi connectivity index (χ1) is 8.07. The molecule has 0 bridgehead atoms. The van der Waals surface area contributed by atoms with Crippen LogP contribution >= 0.6 is 0 Å². The Bertz CT molecular complexity index is 416. The van der Waals surface area contributed by atoms with Crippen LogP contribution in [0.1, 0.15) is 25.6 Å². The lowest BCUT2D eigenvalue weighted by atomic mass is 9.84. The quantitative estimate of drug-likeness (QED) is 0.852.